The van der Waals surface area contributed by atoms with E-state index >= 15 is 0 Å². The molecule has 1 heterocycles. The molecule has 0 fully saturated rings. The minimum atomic E-state index is -0.998. The van der Waals surface area contributed by atoms with E-state index in [1.54, 1.807) is 36.9 Å². The summed E-state index contributed by atoms with van der Waals surface area (Å²) in [6.07, 6.45) is 0. The van der Waals surface area contributed by atoms with Crippen molar-refractivity contribution in [3.63, 3.8) is 0 Å². The molecule has 140 valence electrons. The zero-order valence-electron chi connectivity index (χ0n) is 14.8. The number of imidazole rings is 1. The smallest absolute Gasteiger partial charge is 0.336 e. The van der Waals surface area contributed by atoms with Crippen molar-refractivity contribution >= 4 is 40.4 Å². The van der Waals surface area contributed by atoms with Crippen LogP contribution in [-0.2, 0) is 0 Å². The largest absolute Gasteiger partial charge is 0.478 e. The number of rotatable bonds is 5. The van der Waals surface area contributed by atoms with Gasteiger partial charge in [0.15, 0.2) is 0 Å². The van der Waals surface area contributed by atoms with Gasteiger partial charge >= 0.3 is 5.97 Å². The van der Waals surface area contributed by atoms with E-state index in [0.717, 1.165) is 15.3 Å². The maximum absolute atomic E-state index is 11.3. The molecule has 0 radical (unpaired) electrons. The first-order valence-electron chi connectivity index (χ1n) is 8.43. The standard InChI is InChI=1S/C21H15ClN2O3S/c1-12-7-8-13(9-15(12)20(25)26)27-21-23-17-10-16(22)19(11-18(17)24-21)28-14-5-3-2-4-6-14/h2-11H,1H3,(H,23,24)(H,25,26). The van der Waals surface area contributed by atoms with Crippen molar-refractivity contribution in [1.29, 1.82) is 0 Å². The van der Waals surface area contributed by atoms with Crippen molar-refractivity contribution in [1.82, 2.24) is 9.97 Å². The maximum Gasteiger partial charge on any atom is 0.336 e. The lowest BCUT2D eigenvalue weighted by Crippen LogP contribution is -2.00. The van der Waals surface area contributed by atoms with Gasteiger partial charge in [-0.15, -0.1) is 0 Å². The van der Waals surface area contributed by atoms with Gasteiger partial charge in [0.25, 0.3) is 6.01 Å². The number of nitrogens with one attached hydrogen (secondary N) is 1. The van der Waals surface area contributed by atoms with Crippen molar-refractivity contribution in [3.05, 3.63) is 76.8 Å². The highest BCUT2D eigenvalue weighted by Gasteiger charge is 2.13. The summed E-state index contributed by atoms with van der Waals surface area (Å²) in [6, 6.07) is 18.8. The van der Waals surface area contributed by atoms with Crippen LogP contribution in [0.2, 0.25) is 5.02 Å². The number of carboxylic acid groups (broad SMARTS) is 1. The Morgan fingerprint density at radius 2 is 1.93 bits per heavy atom. The van der Waals surface area contributed by atoms with Crippen LogP contribution in [0, 0.1) is 6.92 Å². The predicted octanol–water partition coefficient (Wildman–Crippen LogP) is 6.17. The molecule has 5 nitrogen and oxygen atoms in total. The molecular weight excluding hydrogens is 396 g/mol. The first kappa shape index (κ1) is 18.4. The van der Waals surface area contributed by atoms with Gasteiger partial charge in [0, 0.05) is 9.79 Å². The lowest BCUT2D eigenvalue weighted by molar-refractivity contribution is 0.0695. The number of carboxylic acids is 1. The molecule has 0 aliphatic heterocycles. The summed E-state index contributed by atoms with van der Waals surface area (Å²) < 4.78 is 5.73. The van der Waals surface area contributed by atoms with Gasteiger partial charge in [-0.05, 0) is 48.9 Å². The average Bonchev–Trinajstić information content (AvgIpc) is 3.05. The molecule has 7 heteroatoms. The van der Waals surface area contributed by atoms with Crippen LogP contribution in [0.25, 0.3) is 11.0 Å². The van der Waals surface area contributed by atoms with E-state index < -0.39 is 5.97 Å². The van der Waals surface area contributed by atoms with Crippen molar-refractivity contribution in [2.45, 2.75) is 16.7 Å². The summed E-state index contributed by atoms with van der Waals surface area (Å²) in [7, 11) is 0. The van der Waals surface area contributed by atoms with E-state index in [0.29, 0.717) is 21.9 Å². The second-order valence-corrected chi connectivity index (χ2v) is 7.66. The molecule has 2 N–H and O–H groups in total. The summed E-state index contributed by atoms with van der Waals surface area (Å²) >= 11 is 7.98. The topological polar surface area (TPSA) is 75.2 Å². The van der Waals surface area contributed by atoms with Crippen LogP contribution in [0.3, 0.4) is 0 Å². The molecule has 0 bridgehead atoms. The molecule has 0 amide bonds. The molecule has 0 saturated heterocycles. The highest BCUT2D eigenvalue weighted by atomic mass is 35.5. The third-order valence-electron chi connectivity index (χ3n) is 4.14. The molecule has 3 aromatic carbocycles. The Morgan fingerprint density at radius 3 is 2.68 bits per heavy atom. The number of aryl methyl sites for hydroxylation is 1. The molecule has 0 unspecified atom stereocenters. The summed E-state index contributed by atoms with van der Waals surface area (Å²) in [4.78, 5) is 20.8. The van der Waals surface area contributed by atoms with Gasteiger partial charge in [0.05, 0.1) is 21.6 Å². The van der Waals surface area contributed by atoms with E-state index in [9.17, 15) is 9.90 Å². The first-order chi connectivity index (χ1) is 13.5. The third-order valence-corrected chi connectivity index (χ3v) is 5.63. The molecule has 0 atom stereocenters. The first-order valence-corrected chi connectivity index (χ1v) is 9.63. The van der Waals surface area contributed by atoms with Gasteiger partial charge in [-0.3, -0.25) is 0 Å². The van der Waals surface area contributed by atoms with Gasteiger partial charge in [-0.1, -0.05) is 47.6 Å². The number of carbonyl (C=O) groups is 1. The summed E-state index contributed by atoms with van der Waals surface area (Å²) in [5.74, 6) is -0.603. The molecule has 0 aliphatic rings. The summed E-state index contributed by atoms with van der Waals surface area (Å²) in [5, 5.41) is 9.87. The van der Waals surface area contributed by atoms with Gasteiger partial charge in [0.1, 0.15) is 5.75 Å². The van der Waals surface area contributed by atoms with Crippen LogP contribution in [0.5, 0.6) is 11.8 Å². The SMILES string of the molecule is Cc1ccc(Oc2nc3cc(Sc4ccccc4)c(Cl)cc3[nH]2)cc1C(=O)O. The molecule has 0 aliphatic carbocycles. The van der Waals surface area contributed by atoms with Gasteiger partial charge in [0.2, 0.25) is 0 Å². The molecule has 4 aromatic rings. The summed E-state index contributed by atoms with van der Waals surface area (Å²) in [5.41, 5.74) is 2.31. The van der Waals surface area contributed by atoms with Gasteiger partial charge in [-0.25, -0.2) is 4.79 Å². The normalized spacial score (nSPS) is 10.9. The Balaban J connectivity index is 1.63. The number of benzene rings is 3. The number of hydrogen-bond donors (Lipinski definition) is 2. The van der Waals surface area contributed by atoms with Crippen LogP contribution in [0.4, 0.5) is 0 Å². The van der Waals surface area contributed by atoms with Crippen LogP contribution in [-0.4, -0.2) is 21.0 Å². The molecule has 0 spiro atoms. The predicted molar refractivity (Wildman–Crippen MR) is 110 cm³/mol. The molecular formula is C21H15ClN2O3S. The van der Waals surface area contributed by atoms with Crippen LogP contribution in [0.15, 0.2) is 70.5 Å². The second kappa shape index (κ2) is 7.58. The zero-order valence-corrected chi connectivity index (χ0v) is 16.3. The highest BCUT2D eigenvalue weighted by Crippen LogP contribution is 2.36. The van der Waals surface area contributed by atoms with E-state index in [1.807, 2.05) is 36.4 Å². The van der Waals surface area contributed by atoms with Crippen molar-refractivity contribution in [3.8, 4) is 11.8 Å². The molecule has 28 heavy (non-hydrogen) atoms. The van der Waals surface area contributed by atoms with E-state index in [2.05, 4.69) is 9.97 Å². The number of fused-ring (bicyclic) bond motifs is 1. The number of aromatic nitrogens is 2. The third kappa shape index (κ3) is 3.83. The van der Waals surface area contributed by atoms with Gasteiger partial charge in [-0.2, -0.15) is 4.98 Å². The van der Waals surface area contributed by atoms with Crippen molar-refractivity contribution < 1.29 is 14.6 Å². The number of H-pyrrole nitrogens is 1. The Bertz CT molecular complexity index is 1180. The number of nitrogens with zero attached hydrogens (tertiary/aromatic N) is 1. The Hall–Kier alpha value is -2.96. The van der Waals surface area contributed by atoms with Crippen LogP contribution < -0.4 is 4.74 Å². The number of halogens is 1. The Labute approximate surface area is 170 Å². The maximum atomic E-state index is 11.3. The van der Waals surface area contributed by atoms with E-state index in [-0.39, 0.29) is 11.6 Å². The quantitative estimate of drug-likeness (QED) is 0.411. The lowest BCUT2D eigenvalue weighted by Gasteiger charge is -2.05. The molecule has 1 aromatic heterocycles. The average molecular weight is 411 g/mol. The highest BCUT2D eigenvalue weighted by molar-refractivity contribution is 7.99. The zero-order chi connectivity index (χ0) is 19.7. The Morgan fingerprint density at radius 1 is 1.14 bits per heavy atom. The fourth-order valence-corrected chi connectivity index (χ4v) is 3.89. The lowest BCUT2D eigenvalue weighted by atomic mass is 10.1. The molecule has 4 rings (SSSR count). The van der Waals surface area contributed by atoms with E-state index in [1.165, 1.54) is 6.07 Å². The number of aromatic amines is 1. The number of aromatic carboxylic acids is 1. The fraction of sp³-hybridized carbons (Fsp3) is 0.0476. The number of hydrogen-bond acceptors (Lipinski definition) is 4. The van der Waals surface area contributed by atoms with Crippen molar-refractivity contribution in [2.24, 2.45) is 0 Å². The second-order valence-electron chi connectivity index (χ2n) is 6.14. The summed E-state index contributed by atoms with van der Waals surface area (Å²) in [6.45, 7) is 1.74. The Kier molecular flexibility index (Phi) is 4.98. The van der Waals surface area contributed by atoms with Gasteiger partial charge < -0.3 is 14.8 Å². The fourth-order valence-electron chi connectivity index (χ4n) is 2.74. The monoisotopic (exact) mass is 410 g/mol. The van der Waals surface area contributed by atoms with Crippen molar-refractivity contribution in [2.75, 3.05) is 0 Å². The number of ether oxygens (including phenoxy) is 1. The van der Waals surface area contributed by atoms with Crippen LogP contribution in [0.1, 0.15) is 15.9 Å². The van der Waals surface area contributed by atoms with E-state index in [4.69, 9.17) is 16.3 Å². The minimum absolute atomic E-state index is 0.193. The minimum Gasteiger partial charge on any atom is -0.478 e. The molecule has 0 saturated carbocycles. The van der Waals surface area contributed by atoms with Crippen LogP contribution >= 0.6 is 23.4 Å².